The lowest BCUT2D eigenvalue weighted by molar-refractivity contribution is -0.177. The number of fused-ring (bicyclic) bond motifs is 1. The number of nitrogens with zero attached hydrogens (tertiary/aromatic N) is 2. The molecule has 3 rings (SSSR count). The highest BCUT2D eigenvalue weighted by Gasteiger charge is 2.59. The van der Waals surface area contributed by atoms with Crippen LogP contribution in [0.5, 0.6) is 0 Å². The minimum Gasteiger partial charge on any atom is -0.659 e. The Morgan fingerprint density at radius 1 is 1.12 bits per heavy atom. The summed E-state index contributed by atoms with van der Waals surface area (Å²) in [6.07, 6.45) is 8.34. The van der Waals surface area contributed by atoms with Gasteiger partial charge in [0, 0.05) is 12.0 Å². The fourth-order valence-corrected chi connectivity index (χ4v) is 5.99. The maximum atomic E-state index is 12.0. The topological polar surface area (TPSA) is 57.7 Å². The third-order valence-electron chi connectivity index (χ3n) is 8.04. The van der Waals surface area contributed by atoms with Crippen molar-refractivity contribution in [2.24, 2.45) is 11.8 Å². The molecule has 0 amide bonds. The van der Waals surface area contributed by atoms with Gasteiger partial charge in [-0.2, -0.15) is 14.1 Å². The molecule has 0 spiro atoms. The molecule has 0 aromatic rings. The lowest BCUT2D eigenvalue weighted by Crippen LogP contribution is -2.63. The van der Waals surface area contributed by atoms with E-state index in [2.05, 4.69) is 46.0 Å². The first-order valence-corrected chi connectivity index (χ1v) is 10.3. The van der Waals surface area contributed by atoms with E-state index >= 15 is 0 Å². The van der Waals surface area contributed by atoms with Gasteiger partial charge in [-0.05, 0) is 51.9 Å². The maximum Gasteiger partial charge on any atom is 0.0902 e. The van der Waals surface area contributed by atoms with Gasteiger partial charge in [-0.15, -0.1) is 11.1 Å². The normalized spacial score (nSPS) is 46.8. The molecule has 2 aliphatic carbocycles. The molecular weight excluding hydrogens is 324 g/mol. The second kappa shape index (κ2) is 6.58. The van der Waals surface area contributed by atoms with Crippen molar-refractivity contribution >= 4 is 0 Å². The van der Waals surface area contributed by atoms with Gasteiger partial charge in [0.05, 0.1) is 11.2 Å². The van der Waals surface area contributed by atoms with Crippen LogP contribution in [0.15, 0.2) is 11.6 Å². The summed E-state index contributed by atoms with van der Waals surface area (Å²) >= 11 is 0. The lowest BCUT2D eigenvalue weighted by atomic mass is 9.53. The highest BCUT2D eigenvalue weighted by atomic mass is 16.5. The second-order valence-corrected chi connectivity index (χ2v) is 9.98. The average molecular weight is 363 g/mol. The summed E-state index contributed by atoms with van der Waals surface area (Å²) in [6, 6.07) is 0. The Bertz CT molecular complexity index is 574. The molecule has 1 saturated carbocycles. The van der Waals surface area contributed by atoms with Crippen LogP contribution in [0.2, 0.25) is 0 Å². The Morgan fingerprint density at radius 2 is 1.81 bits per heavy atom. The predicted molar refractivity (Wildman–Crippen MR) is 108 cm³/mol. The van der Waals surface area contributed by atoms with Gasteiger partial charge in [-0.1, -0.05) is 38.8 Å². The van der Waals surface area contributed by atoms with Gasteiger partial charge >= 0.3 is 0 Å². The number of likely N-dealkylation sites (N-methyl/N-ethyl adjacent to an activating group) is 1. The van der Waals surface area contributed by atoms with Crippen LogP contribution in [0, 0.1) is 11.8 Å². The molecule has 0 aromatic carbocycles. The van der Waals surface area contributed by atoms with Gasteiger partial charge < -0.3 is 20.5 Å². The monoisotopic (exact) mass is 362 g/mol. The highest BCUT2D eigenvalue weighted by molar-refractivity contribution is 5.29. The van der Waals surface area contributed by atoms with Crippen LogP contribution in [0.3, 0.4) is 0 Å². The molecule has 1 saturated heterocycles. The number of hydrogen-bond acceptors (Lipinski definition) is 2. The molecule has 0 bridgehead atoms. The van der Waals surface area contributed by atoms with Gasteiger partial charge in [0.1, 0.15) is 0 Å². The molecule has 150 valence electrons. The Balaban J connectivity index is 1.94. The Labute approximate surface area is 160 Å². The van der Waals surface area contributed by atoms with E-state index in [1.54, 1.807) is 0 Å². The molecule has 0 aromatic heterocycles. The number of ether oxygens (including phenoxy) is 1. The van der Waals surface area contributed by atoms with Gasteiger partial charge in [0.15, 0.2) is 0 Å². The van der Waals surface area contributed by atoms with Crippen molar-refractivity contribution in [1.29, 1.82) is 0 Å². The third-order valence-corrected chi connectivity index (χ3v) is 8.04. The first-order valence-electron chi connectivity index (χ1n) is 10.3. The summed E-state index contributed by atoms with van der Waals surface area (Å²) in [4.78, 5) is 0. The molecule has 26 heavy (non-hydrogen) atoms. The van der Waals surface area contributed by atoms with Crippen molar-refractivity contribution in [3.8, 4) is 0 Å². The summed E-state index contributed by atoms with van der Waals surface area (Å²) in [5.74, 6) is 0.286. The number of rotatable bonds is 4. The zero-order valence-corrected chi connectivity index (χ0v) is 17.8. The Hall–Kier alpha value is -0.420. The molecule has 6 unspecified atom stereocenters. The Morgan fingerprint density at radius 3 is 2.42 bits per heavy atom. The molecule has 2 fully saturated rings. The molecular formula is C22H38N2O2-2. The summed E-state index contributed by atoms with van der Waals surface area (Å²) in [5, 5.41) is 21.3. The standard InChI is InChI=1S/C22H38N2O2/c1-15-8-9-16-20(4,24-7)12-10-17(22(16,25)14-15)21(5)13-11-18(26-21)19(2,3)23-6/h14,16-18,25H,8-13H2,1-7H3/q-2. The summed E-state index contributed by atoms with van der Waals surface area (Å²) < 4.78 is 6.68. The Kier molecular flexibility index (Phi) is 5.14. The zero-order valence-electron chi connectivity index (χ0n) is 17.8. The molecule has 6 atom stereocenters. The van der Waals surface area contributed by atoms with Crippen molar-refractivity contribution in [3.63, 3.8) is 0 Å². The van der Waals surface area contributed by atoms with Crippen molar-refractivity contribution < 1.29 is 9.84 Å². The van der Waals surface area contributed by atoms with E-state index in [4.69, 9.17) is 10.1 Å². The van der Waals surface area contributed by atoms with E-state index in [-0.39, 0.29) is 34.6 Å². The van der Waals surface area contributed by atoms with Gasteiger partial charge in [0.25, 0.3) is 0 Å². The van der Waals surface area contributed by atoms with Crippen LogP contribution in [-0.4, -0.2) is 47.6 Å². The van der Waals surface area contributed by atoms with Crippen molar-refractivity contribution in [2.75, 3.05) is 14.1 Å². The minimum atomic E-state index is -0.827. The van der Waals surface area contributed by atoms with Crippen LogP contribution in [0.25, 0.3) is 10.6 Å². The molecule has 0 radical (unpaired) electrons. The van der Waals surface area contributed by atoms with E-state index in [9.17, 15) is 5.11 Å². The zero-order chi connectivity index (χ0) is 19.4. The quantitative estimate of drug-likeness (QED) is 0.718. The molecule has 1 aliphatic heterocycles. The van der Waals surface area contributed by atoms with Crippen LogP contribution >= 0.6 is 0 Å². The van der Waals surface area contributed by atoms with Crippen molar-refractivity contribution in [1.82, 2.24) is 0 Å². The fourth-order valence-electron chi connectivity index (χ4n) is 5.99. The van der Waals surface area contributed by atoms with Crippen LogP contribution in [0.1, 0.15) is 73.1 Å². The smallest absolute Gasteiger partial charge is 0.0902 e. The SMILES string of the molecule is C[N-]C(C)(C)C1CCC(C)(C2CCC(C)([N-]C)C3CCC(C)=CC32O)O1. The number of hydrogen-bond donors (Lipinski definition) is 1. The molecule has 4 heteroatoms. The number of aliphatic hydroxyl groups is 1. The van der Waals surface area contributed by atoms with E-state index in [1.807, 2.05) is 14.1 Å². The van der Waals surface area contributed by atoms with E-state index in [0.717, 1.165) is 38.5 Å². The molecule has 1 heterocycles. The van der Waals surface area contributed by atoms with E-state index in [1.165, 1.54) is 5.57 Å². The third kappa shape index (κ3) is 3.07. The largest absolute Gasteiger partial charge is 0.659 e. The summed E-state index contributed by atoms with van der Waals surface area (Å²) in [5.41, 5.74) is -0.153. The van der Waals surface area contributed by atoms with Crippen LogP contribution in [-0.2, 0) is 4.74 Å². The first kappa shape index (κ1) is 20.3. The predicted octanol–water partition coefficient (Wildman–Crippen LogP) is 4.97. The van der Waals surface area contributed by atoms with Crippen LogP contribution < -0.4 is 0 Å². The second-order valence-electron chi connectivity index (χ2n) is 9.98. The minimum absolute atomic E-state index is 0.114. The van der Waals surface area contributed by atoms with Crippen molar-refractivity contribution in [3.05, 3.63) is 22.3 Å². The molecule has 1 N–H and O–H groups in total. The maximum absolute atomic E-state index is 12.0. The average Bonchev–Trinajstić information content (AvgIpc) is 2.98. The van der Waals surface area contributed by atoms with Gasteiger partial charge in [-0.25, -0.2) is 0 Å². The fraction of sp³-hybridized carbons (Fsp3) is 0.909. The molecule has 4 nitrogen and oxygen atoms in total. The van der Waals surface area contributed by atoms with Crippen molar-refractivity contribution in [2.45, 2.75) is 102 Å². The lowest BCUT2D eigenvalue weighted by Gasteiger charge is -2.63. The van der Waals surface area contributed by atoms with E-state index < -0.39 is 5.60 Å². The van der Waals surface area contributed by atoms with E-state index in [0.29, 0.717) is 0 Å². The first-order chi connectivity index (χ1) is 12.0. The van der Waals surface area contributed by atoms with Crippen LogP contribution in [0.4, 0.5) is 0 Å². The summed E-state index contributed by atoms with van der Waals surface area (Å²) in [7, 11) is 3.80. The summed E-state index contributed by atoms with van der Waals surface area (Å²) in [6.45, 7) is 10.9. The van der Waals surface area contributed by atoms with Gasteiger partial charge in [0.2, 0.25) is 0 Å². The van der Waals surface area contributed by atoms with Gasteiger partial charge in [-0.3, -0.25) is 0 Å². The number of allylic oxidation sites excluding steroid dienone is 1. The highest BCUT2D eigenvalue weighted by Crippen LogP contribution is 2.58. The molecule has 3 aliphatic rings.